The van der Waals surface area contributed by atoms with E-state index in [9.17, 15) is 27.7 Å². The highest BCUT2D eigenvalue weighted by molar-refractivity contribution is 7.89. The molecule has 2 aromatic carbocycles. The number of hydrogen-bond acceptors (Lipinski definition) is 6. The van der Waals surface area contributed by atoms with Gasteiger partial charge in [-0.15, -0.1) is 0 Å². The molecule has 10 nitrogen and oxygen atoms in total. The Balaban J connectivity index is 1.49. The maximum absolute atomic E-state index is 13.3. The standard InChI is InChI=1S/C20H18FN5O5S2/c21-14-1-3-15(4-2-14)25-18(13-22-20(25)32)19(27)23-9-11-24(12-10-23)33(30,31)17-7-5-16(6-8-17)26(28)29/h1-8,13H,9-12H2,(H,22,32). The van der Waals surface area contributed by atoms with Crippen LogP contribution in [0.15, 0.2) is 59.6 Å². The van der Waals surface area contributed by atoms with Gasteiger partial charge in [-0.3, -0.25) is 19.5 Å². The van der Waals surface area contributed by atoms with Crippen molar-refractivity contribution in [2.75, 3.05) is 26.2 Å². The molecule has 0 radical (unpaired) electrons. The summed E-state index contributed by atoms with van der Waals surface area (Å²) in [6, 6.07) is 10.2. The number of halogens is 1. The van der Waals surface area contributed by atoms with Gasteiger partial charge < -0.3 is 9.88 Å². The summed E-state index contributed by atoms with van der Waals surface area (Å²) in [7, 11) is -3.86. The molecule has 33 heavy (non-hydrogen) atoms. The van der Waals surface area contributed by atoms with Crippen molar-refractivity contribution >= 4 is 33.8 Å². The molecule has 3 aromatic rings. The molecule has 1 aliphatic rings. The Hall–Kier alpha value is -3.42. The van der Waals surface area contributed by atoms with Crippen LogP contribution in [-0.2, 0) is 10.0 Å². The summed E-state index contributed by atoms with van der Waals surface area (Å²) in [5.74, 6) is -0.766. The molecule has 0 spiro atoms. The molecular formula is C20H18FN5O5S2. The van der Waals surface area contributed by atoms with Gasteiger partial charge in [-0.25, -0.2) is 12.8 Å². The quantitative estimate of drug-likeness (QED) is 0.333. The fourth-order valence-electron chi connectivity index (χ4n) is 3.55. The van der Waals surface area contributed by atoms with Gasteiger partial charge in [-0.1, -0.05) is 0 Å². The fraction of sp³-hybridized carbons (Fsp3) is 0.200. The first-order valence-electron chi connectivity index (χ1n) is 9.79. The number of carbonyl (C=O) groups is 1. The second-order valence-corrected chi connectivity index (χ2v) is 9.56. The average Bonchev–Trinajstić information content (AvgIpc) is 3.20. The number of aromatic nitrogens is 2. The zero-order valence-electron chi connectivity index (χ0n) is 17.0. The number of nitro groups is 1. The first-order valence-corrected chi connectivity index (χ1v) is 11.6. The van der Waals surface area contributed by atoms with Crippen LogP contribution in [0, 0.1) is 20.7 Å². The van der Waals surface area contributed by atoms with Gasteiger partial charge in [0, 0.05) is 50.2 Å². The van der Waals surface area contributed by atoms with E-state index < -0.39 is 20.8 Å². The minimum Gasteiger partial charge on any atom is -0.336 e. The molecule has 1 amide bonds. The van der Waals surface area contributed by atoms with Gasteiger partial charge >= 0.3 is 0 Å². The number of hydrogen-bond donors (Lipinski definition) is 1. The molecule has 0 bridgehead atoms. The third kappa shape index (κ3) is 4.42. The summed E-state index contributed by atoms with van der Waals surface area (Å²) < 4.78 is 42.1. The summed E-state index contributed by atoms with van der Waals surface area (Å²) >= 11 is 5.27. The lowest BCUT2D eigenvalue weighted by Crippen LogP contribution is -2.50. The molecule has 0 saturated carbocycles. The number of aromatic amines is 1. The lowest BCUT2D eigenvalue weighted by molar-refractivity contribution is -0.384. The van der Waals surface area contributed by atoms with Crippen molar-refractivity contribution in [3.63, 3.8) is 0 Å². The Bertz CT molecular complexity index is 1360. The first kappa shape index (κ1) is 22.8. The molecule has 13 heteroatoms. The van der Waals surface area contributed by atoms with Crippen LogP contribution in [-0.4, -0.2) is 64.2 Å². The molecule has 1 saturated heterocycles. The van der Waals surface area contributed by atoms with Gasteiger partial charge in [0.25, 0.3) is 11.6 Å². The number of carbonyl (C=O) groups excluding carboxylic acids is 1. The average molecular weight is 492 g/mol. The van der Waals surface area contributed by atoms with Crippen LogP contribution in [0.3, 0.4) is 0 Å². The van der Waals surface area contributed by atoms with E-state index in [4.69, 9.17) is 12.2 Å². The zero-order valence-corrected chi connectivity index (χ0v) is 18.7. The Labute approximate surface area is 193 Å². The first-order chi connectivity index (χ1) is 15.7. The number of non-ortho nitro benzene ring substituents is 1. The smallest absolute Gasteiger partial charge is 0.272 e. The van der Waals surface area contributed by atoms with E-state index in [1.165, 1.54) is 56.4 Å². The monoisotopic (exact) mass is 491 g/mol. The van der Waals surface area contributed by atoms with Crippen molar-refractivity contribution in [1.82, 2.24) is 18.8 Å². The maximum Gasteiger partial charge on any atom is 0.272 e. The van der Waals surface area contributed by atoms with E-state index in [1.807, 2.05) is 0 Å². The third-order valence-corrected chi connectivity index (χ3v) is 7.50. The predicted octanol–water partition coefficient (Wildman–Crippen LogP) is 2.73. The molecule has 2 heterocycles. The summed E-state index contributed by atoms with van der Waals surface area (Å²) in [4.78, 5) is 27.6. The number of rotatable bonds is 5. The van der Waals surface area contributed by atoms with E-state index in [2.05, 4.69) is 4.98 Å². The van der Waals surface area contributed by atoms with E-state index in [1.54, 1.807) is 0 Å². The maximum atomic E-state index is 13.3. The van der Waals surface area contributed by atoms with E-state index in [0.29, 0.717) is 5.69 Å². The van der Waals surface area contributed by atoms with Gasteiger partial charge in [0.05, 0.1) is 9.82 Å². The van der Waals surface area contributed by atoms with Crippen LogP contribution in [0.2, 0.25) is 0 Å². The van der Waals surface area contributed by atoms with Crippen LogP contribution in [0.1, 0.15) is 10.5 Å². The minimum absolute atomic E-state index is 0.0524. The van der Waals surface area contributed by atoms with Crippen molar-refractivity contribution in [3.05, 3.63) is 81.1 Å². The lowest BCUT2D eigenvalue weighted by atomic mass is 10.2. The van der Waals surface area contributed by atoms with Crippen LogP contribution in [0.4, 0.5) is 10.1 Å². The molecular weight excluding hydrogens is 473 g/mol. The van der Waals surface area contributed by atoms with Gasteiger partial charge in [0.1, 0.15) is 11.5 Å². The highest BCUT2D eigenvalue weighted by atomic mass is 32.2. The molecule has 1 aliphatic heterocycles. The van der Waals surface area contributed by atoms with Crippen molar-refractivity contribution < 1.29 is 22.5 Å². The zero-order chi connectivity index (χ0) is 23.8. The van der Waals surface area contributed by atoms with Crippen molar-refractivity contribution in [2.24, 2.45) is 0 Å². The normalized spacial score (nSPS) is 14.9. The van der Waals surface area contributed by atoms with Gasteiger partial charge in [0.15, 0.2) is 4.77 Å². The molecule has 1 fully saturated rings. The number of benzene rings is 2. The van der Waals surface area contributed by atoms with Crippen molar-refractivity contribution in [1.29, 1.82) is 0 Å². The van der Waals surface area contributed by atoms with E-state index in [-0.39, 0.29) is 53.1 Å². The number of nitrogens with one attached hydrogen (secondary N) is 1. The van der Waals surface area contributed by atoms with Crippen LogP contribution >= 0.6 is 12.2 Å². The summed E-state index contributed by atoms with van der Waals surface area (Å²) in [6.45, 7) is 0.415. The number of nitro benzene ring substituents is 1. The molecule has 0 aliphatic carbocycles. The lowest BCUT2D eigenvalue weighted by Gasteiger charge is -2.34. The third-order valence-electron chi connectivity index (χ3n) is 5.29. The van der Waals surface area contributed by atoms with Crippen molar-refractivity contribution in [2.45, 2.75) is 4.90 Å². The van der Waals surface area contributed by atoms with Gasteiger partial charge in [0.2, 0.25) is 10.0 Å². The fourth-order valence-corrected chi connectivity index (χ4v) is 5.24. The Morgan fingerprint density at radius 3 is 2.21 bits per heavy atom. The Kier molecular flexibility index (Phi) is 6.10. The van der Waals surface area contributed by atoms with Gasteiger partial charge in [-0.05, 0) is 48.6 Å². The highest BCUT2D eigenvalue weighted by Gasteiger charge is 2.31. The second kappa shape index (κ2) is 8.84. The molecule has 4 rings (SSSR count). The van der Waals surface area contributed by atoms with E-state index >= 15 is 0 Å². The number of imidazole rings is 1. The summed E-state index contributed by atoms with van der Waals surface area (Å²) in [5, 5.41) is 10.8. The molecule has 1 aromatic heterocycles. The highest BCUT2D eigenvalue weighted by Crippen LogP contribution is 2.22. The molecule has 0 unspecified atom stereocenters. The Morgan fingerprint density at radius 1 is 1.03 bits per heavy atom. The second-order valence-electron chi connectivity index (χ2n) is 7.24. The predicted molar refractivity (Wildman–Crippen MR) is 119 cm³/mol. The number of piperazine rings is 1. The molecule has 172 valence electrons. The van der Waals surface area contributed by atoms with Crippen LogP contribution in [0.25, 0.3) is 5.69 Å². The molecule has 0 atom stereocenters. The van der Waals surface area contributed by atoms with E-state index in [0.717, 1.165) is 12.1 Å². The summed E-state index contributed by atoms with van der Waals surface area (Å²) in [5.41, 5.74) is 0.565. The SMILES string of the molecule is O=C(c1c[nH]c(=S)n1-c1ccc(F)cc1)N1CCN(S(=O)(=O)c2ccc([N+](=O)[O-])cc2)CC1. The summed E-state index contributed by atoms with van der Waals surface area (Å²) in [6.07, 6.45) is 1.47. The number of sulfonamides is 1. The topological polar surface area (TPSA) is 122 Å². The van der Waals surface area contributed by atoms with Crippen molar-refractivity contribution in [3.8, 4) is 5.69 Å². The van der Waals surface area contributed by atoms with Crippen LogP contribution < -0.4 is 0 Å². The largest absolute Gasteiger partial charge is 0.336 e. The minimum atomic E-state index is -3.86. The Morgan fingerprint density at radius 2 is 1.64 bits per heavy atom. The number of amides is 1. The van der Waals surface area contributed by atoms with Crippen LogP contribution in [0.5, 0.6) is 0 Å². The van der Waals surface area contributed by atoms with Gasteiger partial charge in [-0.2, -0.15) is 4.31 Å². The molecule has 1 N–H and O–H groups in total. The number of nitrogens with zero attached hydrogens (tertiary/aromatic N) is 4. The number of H-pyrrole nitrogens is 1.